The zero-order valence-corrected chi connectivity index (χ0v) is 15.8. The summed E-state index contributed by atoms with van der Waals surface area (Å²) in [4.78, 5) is 26.0. The van der Waals surface area contributed by atoms with Gasteiger partial charge in [-0.2, -0.15) is 0 Å². The molecule has 1 amide bonds. The number of nitrogens with zero attached hydrogens (tertiary/aromatic N) is 1. The summed E-state index contributed by atoms with van der Waals surface area (Å²) in [7, 11) is 3.20. The highest BCUT2D eigenvalue weighted by Crippen LogP contribution is 2.33. The van der Waals surface area contributed by atoms with Gasteiger partial charge in [-0.15, -0.1) is 0 Å². The van der Waals surface area contributed by atoms with Gasteiger partial charge >= 0.3 is 0 Å². The molecule has 2 aromatic carbocycles. The van der Waals surface area contributed by atoms with Crippen LogP contribution >= 0.6 is 0 Å². The third kappa shape index (κ3) is 4.05. The first-order valence-corrected chi connectivity index (χ1v) is 8.77. The van der Waals surface area contributed by atoms with Gasteiger partial charge in [-0.25, -0.2) is 0 Å². The third-order valence-electron chi connectivity index (χ3n) is 4.69. The van der Waals surface area contributed by atoms with E-state index in [2.05, 4.69) is 0 Å². The fourth-order valence-electron chi connectivity index (χ4n) is 3.21. The first-order chi connectivity index (χ1) is 13.0. The summed E-state index contributed by atoms with van der Waals surface area (Å²) < 4.78 is 16.3. The van der Waals surface area contributed by atoms with Gasteiger partial charge in [0.25, 0.3) is 5.91 Å². The second-order valence-electron chi connectivity index (χ2n) is 6.38. The van der Waals surface area contributed by atoms with Gasteiger partial charge in [-0.05, 0) is 48.7 Å². The standard InChI is InChI=1S/C21H23NO5/c1-14(23)17-6-4-5-7-18(17)27-13-21(24)22-9-8-15-10-19(25-2)20(26-3)11-16(15)12-22/h4-7,10-11H,8-9,12-13H2,1-3H3. The quantitative estimate of drug-likeness (QED) is 0.733. The van der Waals surface area contributed by atoms with Gasteiger partial charge in [-0.1, -0.05) is 12.1 Å². The van der Waals surface area contributed by atoms with Crippen molar-refractivity contribution < 1.29 is 23.8 Å². The number of Topliss-reactive ketones (excluding diaryl/α,β-unsaturated/α-hetero) is 1. The van der Waals surface area contributed by atoms with Crippen LogP contribution in [0.3, 0.4) is 0 Å². The van der Waals surface area contributed by atoms with Crippen molar-refractivity contribution in [1.29, 1.82) is 0 Å². The van der Waals surface area contributed by atoms with Gasteiger partial charge in [0.05, 0.1) is 19.8 Å². The van der Waals surface area contributed by atoms with E-state index in [1.165, 1.54) is 6.92 Å². The molecule has 0 atom stereocenters. The lowest BCUT2D eigenvalue weighted by Gasteiger charge is -2.29. The average Bonchev–Trinajstić information content (AvgIpc) is 2.70. The molecule has 1 aliphatic heterocycles. The molecule has 1 aliphatic rings. The molecule has 6 heteroatoms. The van der Waals surface area contributed by atoms with E-state index in [0.29, 0.717) is 35.9 Å². The highest BCUT2D eigenvalue weighted by molar-refractivity contribution is 5.96. The Bertz CT molecular complexity index is 862. The Morgan fingerprint density at radius 3 is 2.33 bits per heavy atom. The van der Waals surface area contributed by atoms with Crippen LogP contribution in [0.1, 0.15) is 28.4 Å². The van der Waals surface area contributed by atoms with E-state index in [4.69, 9.17) is 14.2 Å². The number of ether oxygens (including phenoxy) is 3. The lowest BCUT2D eigenvalue weighted by atomic mass is 9.99. The van der Waals surface area contributed by atoms with Crippen LogP contribution in [0.4, 0.5) is 0 Å². The second kappa shape index (κ2) is 8.12. The van der Waals surface area contributed by atoms with Crippen LogP contribution in [0.15, 0.2) is 36.4 Å². The summed E-state index contributed by atoms with van der Waals surface area (Å²) in [6.45, 7) is 2.48. The van der Waals surface area contributed by atoms with E-state index < -0.39 is 0 Å². The predicted molar refractivity (Wildman–Crippen MR) is 101 cm³/mol. The van der Waals surface area contributed by atoms with Crippen molar-refractivity contribution in [3.63, 3.8) is 0 Å². The zero-order valence-electron chi connectivity index (χ0n) is 15.8. The SMILES string of the molecule is COc1cc2c(cc1OC)CN(C(=O)COc1ccccc1C(C)=O)CC2. The number of amides is 1. The summed E-state index contributed by atoms with van der Waals surface area (Å²) in [6, 6.07) is 10.8. The van der Waals surface area contributed by atoms with Crippen molar-refractivity contribution in [3.05, 3.63) is 53.1 Å². The number of carbonyl (C=O) groups excluding carboxylic acids is 2. The van der Waals surface area contributed by atoms with Gasteiger partial charge in [0.2, 0.25) is 0 Å². The van der Waals surface area contributed by atoms with Crippen molar-refractivity contribution in [3.8, 4) is 17.2 Å². The molecule has 0 aromatic heterocycles. The Morgan fingerprint density at radius 1 is 1.00 bits per heavy atom. The van der Waals surface area contributed by atoms with Gasteiger partial charge in [-0.3, -0.25) is 9.59 Å². The average molecular weight is 369 g/mol. The molecule has 0 aliphatic carbocycles. The number of ketones is 1. The van der Waals surface area contributed by atoms with Crippen LogP contribution in [0.5, 0.6) is 17.2 Å². The summed E-state index contributed by atoms with van der Waals surface area (Å²) in [5, 5.41) is 0. The van der Waals surface area contributed by atoms with E-state index in [-0.39, 0.29) is 18.3 Å². The molecule has 0 bridgehead atoms. The van der Waals surface area contributed by atoms with Crippen molar-refractivity contribution in [2.75, 3.05) is 27.4 Å². The summed E-state index contributed by atoms with van der Waals surface area (Å²) in [6.07, 6.45) is 0.742. The minimum absolute atomic E-state index is 0.0917. The number of carbonyl (C=O) groups is 2. The van der Waals surface area contributed by atoms with Crippen LogP contribution in [0.2, 0.25) is 0 Å². The molecule has 0 fully saturated rings. The fraction of sp³-hybridized carbons (Fsp3) is 0.333. The Hall–Kier alpha value is -3.02. The van der Waals surface area contributed by atoms with Crippen LogP contribution in [0.25, 0.3) is 0 Å². The molecule has 1 heterocycles. The number of methoxy groups -OCH3 is 2. The maximum absolute atomic E-state index is 12.6. The summed E-state index contributed by atoms with van der Waals surface area (Å²) in [5.41, 5.74) is 2.67. The number of rotatable bonds is 6. The smallest absolute Gasteiger partial charge is 0.260 e. The molecule has 0 spiro atoms. The second-order valence-corrected chi connectivity index (χ2v) is 6.38. The fourth-order valence-corrected chi connectivity index (χ4v) is 3.21. The van der Waals surface area contributed by atoms with Crippen LogP contribution in [0, 0.1) is 0 Å². The van der Waals surface area contributed by atoms with E-state index in [0.717, 1.165) is 17.5 Å². The maximum atomic E-state index is 12.6. The minimum atomic E-state index is -0.117. The van der Waals surface area contributed by atoms with E-state index in [9.17, 15) is 9.59 Å². The van der Waals surface area contributed by atoms with Crippen LogP contribution < -0.4 is 14.2 Å². The van der Waals surface area contributed by atoms with Crippen molar-refractivity contribution in [2.24, 2.45) is 0 Å². The first kappa shape index (κ1) is 18.8. The first-order valence-electron chi connectivity index (χ1n) is 8.77. The van der Waals surface area contributed by atoms with Crippen LogP contribution in [-0.4, -0.2) is 44.0 Å². The monoisotopic (exact) mass is 369 g/mol. The number of hydrogen-bond donors (Lipinski definition) is 0. The minimum Gasteiger partial charge on any atom is -0.493 e. The Morgan fingerprint density at radius 2 is 1.67 bits per heavy atom. The van der Waals surface area contributed by atoms with Gasteiger partial charge in [0, 0.05) is 13.1 Å². The molecular weight excluding hydrogens is 346 g/mol. The molecular formula is C21H23NO5. The van der Waals surface area contributed by atoms with Gasteiger partial charge in [0.15, 0.2) is 23.9 Å². The summed E-state index contributed by atoms with van der Waals surface area (Å²) in [5.74, 6) is 1.57. The molecule has 3 rings (SSSR count). The molecule has 27 heavy (non-hydrogen) atoms. The van der Waals surface area contributed by atoms with Gasteiger partial charge < -0.3 is 19.1 Å². The van der Waals surface area contributed by atoms with Gasteiger partial charge in [0.1, 0.15) is 5.75 Å². The van der Waals surface area contributed by atoms with E-state index in [1.54, 1.807) is 43.4 Å². The largest absolute Gasteiger partial charge is 0.493 e. The molecule has 6 nitrogen and oxygen atoms in total. The molecule has 0 unspecified atom stereocenters. The molecule has 0 N–H and O–H groups in total. The highest BCUT2D eigenvalue weighted by atomic mass is 16.5. The Kier molecular flexibility index (Phi) is 5.64. The molecule has 0 saturated heterocycles. The summed E-state index contributed by atoms with van der Waals surface area (Å²) >= 11 is 0. The van der Waals surface area contributed by atoms with Crippen LogP contribution in [-0.2, 0) is 17.8 Å². The molecule has 142 valence electrons. The van der Waals surface area contributed by atoms with Crippen molar-refractivity contribution >= 4 is 11.7 Å². The van der Waals surface area contributed by atoms with E-state index in [1.807, 2.05) is 12.1 Å². The lowest BCUT2D eigenvalue weighted by molar-refractivity contribution is -0.134. The number of hydrogen-bond acceptors (Lipinski definition) is 5. The number of fused-ring (bicyclic) bond motifs is 1. The predicted octanol–water partition coefficient (Wildman–Crippen LogP) is 2.87. The maximum Gasteiger partial charge on any atom is 0.260 e. The third-order valence-corrected chi connectivity index (χ3v) is 4.69. The highest BCUT2D eigenvalue weighted by Gasteiger charge is 2.23. The number of para-hydroxylation sites is 1. The topological polar surface area (TPSA) is 65.1 Å². The number of benzene rings is 2. The molecule has 2 aromatic rings. The zero-order chi connectivity index (χ0) is 19.4. The Balaban J connectivity index is 1.69. The molecule has 0 saturated carbocycles. The van der Waals surface area contributed by atoms with Crippen molar-refractivity contribution in [2.45, 2.75) is 19.9 Å². The lowest BCUT2D eigenvalue weighted by Crippen LogP contribution is -2.38. The van der Waals surface area contributed by atoms with Crippen molar-refractivity contribution in [1.82, 2.24) is 4.90 Å². The normalized spacial score (nSPS) is 12.9. The molecule has 0 radical (unpaired) electrons. The van der Waals surface area contributed by atoms with E-state index >= 15 is 0 Å². The Labute approximate surface area is 158 Å².